The molecule has 3 fully saturated rings. The number of aromatic amines is 2. The zero-order chi connectivity index (χ0) is 43.4. The molecule has 3 aliphatic rings. The molecule has 0 radical (unpaired) electrons. The molecule has 4 aromatic heterocycles. The fraction of sp³-hybridized carbons (Fsp3) is 0.552. The van der Waals surface area contributed by atoms with E-state index < -0.39 is 131 Å². The van der Waals surface area contributed by atoms with Gasteiger partial charge in [0.2, 0.25) is 5.95 Å². The van der Waals surface area contributed by atoms with Gasteiger partial charge in [-0.25, -0.2) is 28.1 Å². The molecule has 328 valence electrons. The molecule has 2 unspecified atom stereocenters. The van der Waals surface area contributed by atoms with E-state index in [1.165, 1.54) is 19.2 Å². The molecule has 13 atom stereocenters. The summed E-state index contributed by atoms with van der Waals surface area (Å²) >= 11 is 0. The van der Waals surface area contributed by atoms with Crippen molar-refractivity contribution in [3.63, 3.8) is 0 Å². The van der Waals surface area contributed by atoms with Gasteiger partial charge in [-0.3, -0.25) is 51.4 Å². The van der Waals surface area contributed by atoms with E-state index in [0.717, 1.165) is 26.2 Å². The molecule has 0 amide bonds. The molecule has 0 saturated carbocycles. The van der Waals surface area contributed by atoms with Crippen molar-refractivity contribution < 1.29 is 70.9 Å². The number of imidazole rings is 1. The number of aromatic nitrogens is 8. The van der Waals surface area contributed by atoms with Crippen molar-refractivity contribution in [2.75, 3.05) is 31.3 Å². The van der Waals surface area contributed by atoms with Gasteiger partial charge in [0.05, 0.1) is 26.1 Å². The Balaban J connectivity index is 1.08. The van der Waals surface area contributed by atoms with Crippen LogP contribution in [0.3, 0.4) is 0 Å². The van der Waals surface area contributed by atoms with Crippen molar-refractivity contribution in [2.45, 2.75) is 80.9 Å². The number of hydrogen-bond donors (Lipinski definition) is 9. The van der Waals surface area contributed by atoms with E-state index >= 15 is 4.39 Å². The predicted octanol–water partition coefficient (Wildman–Crippen LogP) is -3.46. The third-order valence-corrected chi connectivity index (χ3v) is 11.6. The molecule has 3 aliphatic heterocycles. The second-order valence-electron chi connectivity index (χ2n) is 13.6. The van der Waals surface area contributed by atoms with Gasteiger partial charge >= 0.3 is 27.0 Å². The van der Waals surface area contributed by atoms with Crippen molar-refractivity contribution in [1.29, 1.82) is 0 Å². The molecule has 7 rings (SSSR count). The van der Waals surface area contributed by atoms with E-state index in [1.807, 2.05) is 0 Å². The Morgan fingerprint density at radius 1 is 0.900 bits per heavy atom. The zero-order valence-electron chi connectivity index (χ0n) is 30.6. The highest BCUT2D eigenvalue weighted by molar-refractivity contribution is 7.47. The maximum atomic E-state index is 16.4. The Morgan fingerprint density at radius 2 is 1.58 bits per heavy atom. The molecular formula is C29H37FN10O18P2. The number of ether oxygens (including phenoxy) is 3. The number of nitrogen functional groups attached to an aromatic ring is 2. The number of rotatable bonds is 14. The number of nitrogens with one attached hydrogen (secondary N) is 2. The maximum Gasteiger partial charge on any atom is 0.472 e. The summed E-state index contributed by atoms with van der Waals surface area (Å²) in [5.41, 5.74) is 7.34. The molecule has 28 nitrogen and oxygen atoms in total. The van der Waals surface area contributed by atoms with E-state index in [1.54, 1.807) is 0 Å². The summed E-state index contributed by atoms with van der Waals surface area (Å²) < 4.78 is 83.0. The minimum atomic E-state index is -5.46. The lowest BCUT2D eigenvalue weighted by Gasteiger charge is -2.24. The third kappa shape index (κ3) is 8.76. The van der Waals surface area contributed by atoms with Crippen LogP contribution in [0.15, 0.2) is 44.0 Å². The van der Waals surface area contributed by atoms with Crippen LogP contribution < -0.4 is 34.0 Å². The van der Waals surface area contributed by atoms with Crippen LogP contribution in [-0.2, 0) is 41.4 Å². The number of anilines is 2. The highest BCUT2D eigenvalue weighted by atomic mass is 31.2. The highest BCUT2D eigenvalue weighted by Crippen LogP contribution is 2.52. The Morgan fingerprint density at radius 3 is 2.28 bits per heavy atom. The maximum absolute atomic E-state index is 16.4. The average molecular weight is 895 g/mol. The first-order valence-corrected chi connectivity index (χ1v) is 20.5. The quantitative estimate of drug-likeness (QED) is 0.0555. The van der Waals surface area contributed by atoms with Crippen molar-refractivity contribution in [2.24, 2.45) is 0 Å². The molecule has 60 heavy (non-hydrogen) atoms. The van der Waals surface area contributed by atoms with Crippen LogP contribution in [0.1, 0.15) is 30.7 Å². The molecule has 0 spiro atoms. The van der Waals surface area contributed by atoms with Gasteiger partial charge in [0.1, 0.15) is 54.8 Å². The normalized spacial score (nSPS) is 31.4. The number of aliphatic hydroxyl groups is 3. The number of fused-ring (bicyclic) bond motifs is 1. The molecular weight excluding hydrogens is 857 g/mol. The molecule has 7 heterocycles. The van der Waals surface area contributed by atoms with Crippen LogP contribution in [0.2, 0.25) is 0 Å². The Bertz CT molecular complexity index is 2590. The largest absolute Gasteiger partial charge is 0.472 e. The first-order valence-electron chi connectivity index (χ1n) is 17.5. The van der Waals surface area contributed by atoms with E-state index in [2.05, 4.69) is 24.9 Å². The number of aryl methyl sites for hydroxylation is 1. The Hall–Kier alpha value is -4.58. The number of H-pyrrole nitrogens is 2. The first kappa shape index (κ1) is 43.5. The summed E-state index contributed by atoms with van der Waals surface area (Å²) in [5, 5.41) is 31.0. The van der Waals surface area contributed by atoms with Crippen LogP contribution >= 0.6 is 15.6 Å². The lowest BCUT2D eigenvalue weighted by atomic mass is 10.1. The van der Waals surface area contributed by atoms with E-state index in [4.69, 9.17) is 43.8 Å². The lowest BCUT2D eigenvalue weighted by molar-refractivity contribution is -0.0632. The molecule has 11 N–H and O–H groups in total. The Kier molecular flexibility index (Phi) is 12.1. The van der Waals surface area contributed by atoms with Crippen molar-refractivity contribution in [3.8, 4) is 0 Å². The third-order valence-electron chi connectivity index (χ3n) is 9.60. The molecule has 0 aliphatic carbocycles. The van der Waals surface area contributed by atoms with Gasteiger partial charge in [0.15, 0.2) is 29.8 Å². The molecule has 0 bridgehead atoms. The van der Waals surface area contributed by atoms with Crippen LogP contribution in [0.4, 0.5) is 16.2 Å². The summed E-state index contributed by atoms with van der Waals surface area (Å²) in [5.74, 6) is -0.548. The fourth-order valence-electron chi connectivity index (χ4n) is 6.69. The Labute approximate surface area is 332 Å². The second-order valence-corrected chi connectivity index (χ2v) is 16.5. The number of phosphoric ester groups is 2. The lowest BCUT2D eigenvalue weighted by Crippen LogP contribution is -2.36. The van der Waals surface area contributed by atoms with Crippen LogP contribution in [0.5, 0.6) is 0 Å². The minimum Gasteiger partial charge on any atom is -0.394 e. The highest BCUT2D eigenvalue weighted by Gasteiger charge is 2.53. The number of phosphoric acid groups is 2. The number of nitrogens with two attached hydrogens (primary N) is 2. The van der Waals surface area contributed by atoms with Crippen LogP contribution in [0, 0.1) is 6.92 Å². The number of hydrogen-bond acceptors (Lipinski definition) is 21. The van der Waals surface area contributed by atoms with Crippen molar-refractivity contribution >= 4 is 38.6 Å². The molecule has 31 heteroatoms. The summed E-state index contributed by atoms with van der Waals surface area (Å²) in [4.78, 5) is 86.1. The summed E-state index contributed by atoms with van der Waals surface area (Å²) in [6, 6.07) is 1.21. The molecule has 4 aromatic rings. The smallest absolute Gasteiger partial charge is 0.394 e. The molecule has 3 saturated heterocycles. The molecule has 0 aromatic carbocycles. The first-order chi connectivity index (χ1) is 28.3. The minimum absolute atomic E-state index is 0.131. The number of halogens is 1. The van der Waals surface area contributed by atoms with E-state index in [-0.39, 0.29) is 29.0 Å². The van der Waals surface area contributed by atoms with E-state index in [9.17, 15) is 53.4 Å². The van der Waals surface area contributed by atoms with Gasteiger partial charge in [-0.1, -0.05) is 0 Å². The zero-order valence-corrected chi connectivity index (χ0v) is 32.4. The van der Waals surface area contributed by atoms with Gasteiger partial charge < -0.3 is 50.8 Å². The predicted molar refractivity (Wildman–Crippen MR) is 193 cm³/mol. The topological polar surface area (TPSA) is 405 Å². The standard InChI is InChI=1S/C29H37FN10O18P2/c1-10-5-39(29(47)37-23(10)44)16-4-11(12(6-41)54-16)57-59(48,49)53-8-14-21(17(30)25(56-14)40-9-33-18-22(40)35-27(32)36-24(18)45)58-60(50,51)52-7-13-19(42)20(43)26(55-13)38-3-2-15(31)34-28(38)46/h2-3,5,9,11-14,16-17,19-21,25-26,41-43H,4,6-8H2,1H3,(H,48,49)(H,50,51)(H2,31,34,46)(H,37,44,47)(H3,32,35,36,45)/t11-,12+,13+,14+,16+,17+,19+,20+,21+,25+,26+/m0/s1. The monoisotopic (exact) mass is 894 g/mol. The van der Waals surface area contributed by atoms with Gasteiger partial charge in [0.25, 0.3) is 11.1 Å². The van der Waals surface area contributed by atoms with Crippen LogP contribution in [-0.4, -0.2) is 132 Å². The van der Waals surface area contributed by atoms with Gasteiger partial charge in [-0.15, -0.1) is 0 Å². The summed E-state index contributed by atoms with van der Waals surface area (Å²) in [7, 11) is -10.7. The second kappa shape index (κ2) is 16.7. The van der Waals surface area contributed by atoms with Crippen LogP contribution in [0.25, 0.3) is 11.2 Å². The number of aliphatic hydroxyl groups excluding tert-OH is 3. The summed E-state index contributed by atoms with van der Waals surface area (Å²) in [6.07, 6.45) is -16.1. The number of alkyl halides is 1. The van der Waals surface area contributed by atoms with Gasteiger partial charge in [-0.2, -0.15) is 9.97 Å². The van der Waals surface area contributed by atoms with Crippen molar-refractivity contribution in [3.05, 3.63) is 72.0 Å². The van der Waals surface area contributed by atoms with Crippen molar-refractivity contribution in [1.82, 2.24) is 38.6 Å². The average Bonchev–Trinajstić information content (AvgIpc) is 3.92. The number of nitrogens with zero attached hydrogens (tertiary/aromatic N) is 6. The van der Waals surface area contributed by atoms with E-state index in [0.29, 0.717) is 0 Å². The van der Waals surface area contributed by atoms with Gasteiger partial charge in [-0.05, 0) is 13.0 Å². The SMILES string of the molecule is Cc1cn([C@H]2C[C@H](OP(=O)(O)OC[C@H]3O[C@@H](n4cnc5c(=O)[nH]c(N)nc54)[C@H](F)[C@@H]3OP(=O)(O)OC[C@H]3O[C@@H](n4ccc(N)nc4=O)[C@H](O)[C@@H]3O)[C@@H](CO)O2)c(=O)[nH]c1=O. The fourth-order valence-corrected chi connectivity index (χ4v) is 8.61. The summed E-state index contributed by atoms with van der Waals surface area (Å²) in [6.45, 7) is -1.46. The van der Waals surface area contributed by atoms with Gasteiger partial charge in [0, 0.05) is 24.4 Å².